The third-order valence-electron chi connectivity index (χ3n) is 3.87. The number of anilines is 1. The van der Waals surface area contributed by atoms with Gasteiger partial charge in [-0.3, -0.25) is 4.79 Å². The normalized spacial score (nSPS) is 11.5. The molecule has 0 radical (unpaired) electrons. The van der Waals surface area contributed by atoms with Crippen molar-refractivity contribution in [3.8, 4) is 0 Å². The van der Waals surface area contributed by atoms with Crippen LogP contribution in [0, 0.1) is 0 Å². The Balaban J connectivity index is 1.68. The van der Waals surface area contributed by atoms with E-state index in [-0.39, 0.29) is 25.2 Å². The molecular formula is C20H23N7O3. The number of ether oxygens (including phenoxy) is 1. The zero-order chi connectivity index (χ0) is 21.3. The first-order chi connectivity index (χ1) is 14.5. The van der Waals surface area contributed by atoms with E-state index in [0.717, 1.165) is 5.56 Å². The minimum atomic E-state index is -0.270. The van der Waals surface area contributed by atoms with Gasteiger partial charge in [0, 0.05) is 12.6 Å². The van der Waals surface area contributed by atoms with Gasteiger partial charge in [0.2, 0.25) is 5.82 Å². The van der Waals surface area contributed by atoms with Crippen LogP contribution in [-0.4, -0.2) is 49.5 Å². The lowest BCUT2D eigenvalue weighted by molar-refractivity contribution is -0.121. The van der Waals surface area contributed by atoms with Gasteiger partial charge in [-0.05, 0) is 36.4 Å². The Kier molecular flexibility index (Phi) is 7.17. The van der Waals surface area contributed by atoms with Crippen molar-refractivity contribution in [1.82, 2.24) is 25.2 Å². The fraction of sp³-hybridized carbons (Fsp3) is 0.300. The molecule has 1 amide bonds. The summed E-state index contributed by atoms with van der Waals surface area (Å²) in [4.78, 5) is 21.8. The maximum atomic E-state index is 11.9. The molecule has 0 bridgehead atoms. The average Bonchev–Trinajstić information content (AvgIpc) is 3.16. The Morgan fingerprint density at radius 1 is 1.17 bits per heavy atom. The molecule has 2 aromatic heterocycles. The Labute approximate surface area is 173 Å². The molecule has 0 unspecified atom stereocenters. The van der Waals surface area contributed by atoms with Gasteiger partial charge in [0.15, 0.2) is 12.3 Å². The minimum Gasteiger partial charge on any atom is -0.389 e. The molecule has 0 spiro atoms. The van der Waals surface area contributed by atoms with Crippen molar-refractivity contribution in [3.63, 3.8) is 0 Å². The molecule has 3 rings (SSSR count). The summed E-state index contributed by atoms with van der Waals surface area (Å²) in [7, 11) is 1.73. The second-order valence-corrected chi connectivity index (χ2v) is 6.63. The third-order valence-corrected chi connectivity index (χ3v) is 3.87. The van der Waals surface area contributed by atoms with Crippen LogP contribution in [0.25, 0.3) is 0 Å². The van der Waals surface area contributed by atoms with E-state index in [0.29, 0.717) is 23.0 Å². The Bertz CT molecular complexity index is 1000. The topological polar surface area (TPSA) is 116 Å². The van der Waals surface area contributed by atoms with Crippen molar-refractivity contribution in [2.45, 2.75) is 26.6 Å². The number of nitrogens with zero attached hydrogens (tertiary/aromatic N) is 6. The standard InChI is InChI=1S/C20H23N7O3/c1-14(2)29-13-18(28)22-17-11-7-10-16(21-17)12-30-24-19(15-8-5-4-6-9-15)20-23-25-26-27(20)3/h4-11,14H,12-13H2,1-3H3,(H,21,22,28)/b24-19-. The molecule has 156 valence electrons. The molecule has 10 heteroatoms. The third kappa shape index (κ3) is 5.92. The van der Waals surface area contributed by atoms with Crippen LogP contribution in [0.4, 0.5) is 5.82 Å². The number of carbonyl (C=O) groups excluding carboxylic acids is 1. The molecule has 30 heavy (non-hydrogen) atoms. The second-order valence-electron chi connectivity index (χ2n) is 6.63. The number of nitrogens with one attached hydrogen (secondary N) is 1. The van der Waals surface area contributed by atoms with Crippen LogP contribution in [0.1, 0.15) is 30.9 Å². The molecule has 3 aromatic rings. The van der Waals surface area contributed by atoms with Crippen molar-refractivity contribution in [1.29, 1.82) is 0 Å². The first-order valence-corrected chi connectivity index (χ1v) is 9.38. The molecule has 0 aliphatic rings. The number of amides is 1. The SMILES string of the molecule is CC(C)OCC(=O)Nc1cccc(CO/N=C(/c2ccccc2)c2nnnn2C)n1. The number of oxime groups is 1. The molecule has 0 saturated heterocycles. The predicted octanol–water partition coefficient (Wildman–Crippen LogP) is 1.94. The van der Waals surface area contributed by atoms with Crippen molar-refractivity contribution < 1.29 is 14.4 Å². The zero-order valence-electron chi connectivity index (χ0n) is 17.0. The monoisotopic (exact) mass is 409 g/mol. The van der Waals surface area contributed by atoms with Gasteiger partial charge in [-0.1, -0.05) is 41.6 Å². The smallest absolute Gasteiger partial charge is 0.251 e. The molecule has 1 N–H and O–H groups in total. The van der Waals surface area contributed by atoms with E-state index in [1.54, 1.807) is 25.2 Å². The number of aromatic nitrogens is 5. The van der Waals surface area contributed by atoms with E-state index in [9.17, 15) is 4.79 Å². The molecular weight excluding hydrogens is 386 g/mol. The largest absolute Gasteiger partial charge is 0.389 e. The lowest BCUT2D eigenvalue weighted by atomic mass is 10.1. The number of rotatable bonds is 9. The molecule has 1 aromatic carbocycles. The number of hydrogen-bond acceptors (Lipinski definition) is 8. The Morgan fingerprint density at radius 2 is 1.97 bits per heavy atom. The van der Waals surface area contributed by atoms with Crippen LogP contribution in [0.15, 0.2) is 53.7 Å². The van der Waals surface area contributed by atoms with Gasteiger partial charge in [0.25, 0.3) is 5.91 Å². The van der Waals surface area contributed by atoms with Gasteiger partial charge in [-0.2, -0.15) is 0 Å². The van der Waals surface area contributed by atoms with Gasteiger partial charge in [-0.15, -0.1) is 5.10 Å². The summed E-state index contributed by atoms with van der Waals surface area (Å²) in [6.45, 7) is 3.81. The molecule has 0 atom stereocenters. The number of benzene rings is 1. The molecule has 2 heterocycles. The van der Waals surface area contributed by atoms with Crippen LogP contribution in [-0.2, 0) is 28.0 Å². The Hall–Kier alpha value is -3.66. The molecule has 0 fully saturated rings. The van der Waals surface area contributed by atoms with Crippen molar-refractivity contribution in [2.75, 3.05) is 11.9 Å². The van der Waals surface area contributed by atoms with E-state index >= 15 is 0 Å². The minimum absolute atomic E-state index is 0.0239. The summed E-state index contributed by atoms with van der Waals surface area (Å²) >= 11 is 0. The maximum absolute atomic E-state index is 11.9. The van der Waals surface area contributed by atoms with Crippen LogP contribution in [0.2, 0.25) is 0 Å². The van der Waals surface area contributed by atoms with E-state index in [2.05, 4.69) is 31.0 Å². The van der Waals surface area contributed by atoms with Gasteiger partial charge >= 0.3 is 0 Å². The summed E-state index contributed by atoms with van der Waals surface area (Å²) in [5.74, 6) is 0.618. The summed E-state index contributed by atoms with van der Waals surface area (Å²) in [5, 5.41) is 18.5. The second kappa shape index (κ2) is 10.2. The van der Waals surface area contributed by atoms with E-state index in [1.165, 1.54) is 4.68 Å². The Morgan fingerprint density at radius 3 is 2.67 bits per heavy atom. The van der Waals surface area contributed by atoms with E-state index in [4.69, 9.17) is 9.57 Å². The predicted molar refractivity (Wildman–Crippen MR) is 110 cm³/mol. The van der Waals surface area contributed by atoms with Crippen molar-refractivity contribution in [2.24, 2.45) is 12.2 Å². The molecule has 0 aliphatic heterocycles. The molecule has 0 saturated carbocycles. The van der Waals surface area contributed by atoms with Gasteiger partial charge in [0.1, 0.15) is 12.4 Å². The molecule has 10 nitrogen and oxygen atoms in total. The number of hydrogen-bond donors (Lipinski definition) is 1. The van der Waals surface area contributed by atoms with E-state index in [1.807, 2.05) is 44.2 Å². The van der Waals surface area contributed by atoms with Crippen LogP contribution in [0.3, 0.4) is 0 Å². The summed E-state index contributed by atoms with van der Waals surface area (Å²) < 4.78 is 6.80. The van der Waals surface area contributed by atoms with Crippen LogP contribution in [0.5, 0.6) is 0 Å². The number of carbonyl (C=O) groups is 1. The highest BCUT2D eigenvalue weighted by Gasteiger charge is 2.15. The number of aryl methyl sites for hydroxylation is 1. The van der Waals surface area contributed by atoms with Crippen molar-refractivity contribution >= 4 is 17.4 Å². The van der Waals surface area contributed by atoms with Gasteiger partial charge in [0.05, 0.1) is 11.8 Å². The first-order valence-electron chi connectivity index (χ1n) is 9.38. The van der Waals surface area contributed by atoms with Crippen LogP contribution < -0.4 is 5.32 Å². The highest BCUT2D eigenvalue weighted by atomic mass is 16.6. The highest BCUT2D eigenvalue weighted by molar-refractivity contribution is 6.10. The lowest BCUT2D eigenvalue weighted by Gasteiger charge is -2.09. The number of tetrazole rings is 1. The van der Waals surface area contributed by atoms with Gasteiger partial charge in [-0.25, -0.2) is 9.67 Å². The number of pyridine rings is 1. The van der Waals surface area contributed by atoms with Gasteiger partial charge < -0.3 is 14.9 Å². The first kappa shape index (κ1) is 21.1. The summed E-state index contributed by atoms with van der Waals surface area (Å²) in [6, 6.07) is 14.7. The fourth-order valence-corrected chi connectivity index (χ4v) is 2.46. The van der Waals surface area contributed by atoms with Crippen molar-refractivity contribution in [3.05, 3.63) is 65.6 Å². The van der Waals surface area contributed by atoms with E-state index < -0.39 is 0 Å². The zero-order valence-corrected chi connectivity index (χ0v) is 17.0. The summed E-state index contributed by atoms with van der Waals surface area (Å²) in [6.07, 6.45) is -0.0239. The average molecular weight is 409 g/mol. The van der Waals surface area contributed by atoms with Crippen LogP contribution >= 0.6 is 0 Å². The summed E-state index contributed by atoms with van der Waals surface area (Å²) in [5.41, 5.74) is 1.91. The maximum Gasteiger partial charge on any atom is 0.251 e. The highest BCUT2D eigenvalue weighted by Crippen LogP contribution is 2.10. The molecule has 0 aliphatic carbocycles. The fourth-order valence-electron chi connectivity index (χ4n) is 2.46. The quantitative estimate of drug-likeness (QED) is 0.424. The lowest BCUT2D eigenvalue weighted by Crippen LogP contribution is -2.21.